The van der Waals surface area contributed by atoms with Crippen LogP contribution >= 0.6 is 0 Å². The van der Waals surface area contributed by atoms with Gasteiger partial charge in [0.15, 0.2) is 11.8 Å². The molecule has 3 rings (SSSR count). The summed E-state index contributed by atoms with van der Waals surface area (Å²) >= 11 is 0. The molecule has 1 atom stereocenters. The number of rotatable bonds is 8. The number of fused-ring (bicyclic) bond motifs is 1. The fourth-order valence-electron chi connectivity index (χ4n) is 4.26. The van der Waals surface area contributed by atoms with Gasteiger partial charge in [0.25, 0.3) is 0 Å². The molecule has 152 valence electrons. The van der Waals surface area contributed by atoms with Crippen molar-refractivity contribution in [3.63, 3.8) is 0 Å². The second-order valence-corrected chi connectivity index (χ2v) is 7.39. The van der Waals surface area contributed by atoms with Gasteiger partial charge in [-0.2, -0.15) is 0 Å². The van der Waals surface area contributed by atoms with E-state index in [0.29, 0.717) is 18.5 Å². The average Bonchev–Trinajstić information content (AvgIpc) is 3.32. The van der Waals surface area contributed by atoms with Crippen molar-refractivity contribution in [2.24, 2.45) is 10.9 Å². The van der Waals surface area contributed by atoms with Crippen LogP contribution in [0.4, 0.5) is 0 Å². The van der Waals surface area contributed by atoms with Gasteiger partial charge in [0, 0.05) is 45.7 Å². The SMILES string of the molecule is CCC(CC)C(CNC(=NC)NCc1nnc2n1CCC2)N1CCOCC1. The Kier molecular flexibility index (Phi) is 7.46. The first-order valence-corrected chi connectivity index (χ1v) is 10.4. The molecule has 0 spiro atoms. The van der Waals surface area contributed by atoms with Crippen LogP contribution in [0, 0.1) is 5.92 Å². The zero-order valence-corrected chi connectivity index (χ0v) is 17.1. The summed E-state index contributed by atoms with van der Waals surface area (Å²) in [7, 11) is 1.82. The molecule has 2 aliphatic heterocycles. The molecule has 0 saturated carbocycles. The third-order valence-electron chi connectivity index (χ3n) is 5.91. The predicted octanol–water partition coefficient (Wildman–Crippen LogP) is 1.03. The standard InChI is InChI=1S/C19H35N7O/c1-4-15(5-2)16(25-9-11-27-12-10-25)13-21-19(20-3)22-14-18-24-23-17-7-6-8-26(17)18/h15-16H,4-14H2,1-3H3,(H2,20,21,22). The van der Waals surface area contributed by atoms with E-state index in [0.717, 1.165) is 63.4 Å². The third kappa shape index (κ3) is 4.99. The van der Waals surface area contributed by atoms with E-state index in [1.165, 1.54) is 19.3 Å². The lowest BCUT2D eigenvalue weighted by molar-refractivity contribution is 0.00272. The van der Waals surface area contributed by atoms with Crippen LogP contribution in [0.1, 0.15) is 44.8 Å². The number of aromatic nitrogens is 3. The Morgan fingerprint density at radius 1 is 1.15 bits per heavy atom. The first-order chi connectivity index (χ1) is 13.3. The summed E-state index contributed by atoms with van der Waals surface area (Å²) in [4.78, 5) is 6.98. The van der Waals surface area contributed by atoms with E-state index in [9.17, 15) is 0 Å². The predicted molar refractivity (Wildman–Crippen MR) is 107 cm³/mol. The van der Waals surface area contributed by atoms with E-state index in [1.54, 1.807) is 0 Å². The van der Waals surface area contributed by atoms with E-state index < -0.39 is 0 Å². The van der Waals surface area contributed by atoms with Crippen molar-refractivity contribution in [3.8, 4) is 0 Å². The molecule has 0 bridgehead atoms. The Balaban J connectivity index is 1.55. The maximum Gasteiger partial charge on any atom is 0.191 e. The molecule has 27 heavy (non-hydrogen) atoms. The molecule has 2 N–H and O–H groups in total. The second-order valence-electron chi connectivity index (χ2n) is 7.39. The largest absolute Gasteiger partial charge is 0.379 e. The van der Waals surface area contributed by atoms with Gasteiger partial charge in [-0.25, -0.2) is 0 Å². The molecule has 8 heteroatoms. The number of morpholine rings is 1. The Morgan fingerprint density at radius 3 is 2.63 bits per heavy atom. The van der Waals surface area contributed by atoms with E-state index in [1.807, 2.05) is 7.05 Å². The molecular formula is C19H35N7O. The van der Waals surface area contributed by atoms with Crippen molar-refractivity contribution in [2.45, 2.75) is 58.7 Å². The van der Waals surface area contributed by atoms with Gasteiger partial charge >= 0.3 is 0 Å². The van der Waals surface area contributed by atoms with Crippen LogP contribution in [0.15, 0.2) is 4.99 Å². The first kappa shape index (κ1) is 20.1. The fourth-order valence-corrected chi connectivity index (χ4v) is 4.26. The number of nitrogens with zero attached hydrogens (tertiary/aromatic N) is 5. The zero-order chi connectivity index (χ0) is 19.1. The van der Waals surface area contributed by atoms with Crippen molar-refractivity contribution in [3.05, 3.63) is 11.6 Å². The normalized spacial score (nSPS) is 19.3. The van der Waals surface area contributed by atoms with Crippen LogP contribution in [0.2, 0.25) is 0 Å². The van der Waals surface area contributed by atoms with Crippen LogP contribution in [0.3, 0.4) is 0 Å². The van der Waals surface area contributed by atoms with Crippen molar-refractivity contribution >= 4 is 5.96 Å². The second kappa shape index (κ2) is 10.0. The Bertz CT molecular complexity index is 605. The van der Waals surface area contributed by atoms with Crippen LogP contribution in [-0.4, -0.2) is 71.6 Å². The number of nitrogens with one attached hydrogen (secondary N) is 2. The van der Waals surface area contributed by atoms with Crippen molar-refractivity contribution in [1.82, 2.24) is 30.3 Å². The van der Waals surface area contributed by atoms with Gasteiger partial charge in [-0.05, 0) is 12.3 Å². The minimum absolute atomic E-state index is 0.500. The molecule has 1 saturated heterocycles. The summed E-state index contributed by atoms with van der Waals surface area (Å²) in [6.45, 7) is 10.9. The van der Waals surface area contributed by atoms with Gasteiger partial charge in [0.2, 0.25) is 0 Å². The first-order valence-electron chi connectivity index (χ1n) is 10.4. The van der Waals surface area contributed by atoms with Crippen LogP contribution in [-0.2, 0) is 24.2 Å². The molecule has 2 aliphatic rings. The minimum Gasteiger partial charge on any atom is -0.379 e. The van der Waals surface area contributed by atoms with Gasteiger partial charge in [0.05, 0.1) is 19.8 Å². The smallest absolute Gasteiger partial charge is 0.191 e. The van der Waals surface area contributed by atoms with Crippen molar-refractivity contribution < 1.29 is 4.74 Å². The highest BCUT2D eigenvalue weighted by Gasteiger charge is 2.27. The Morgan fingerprint density at radius 2 is 1.93 bits per heavy atom. The Hall–Kier alpha value is -1.67. The van der Waals surface area contributed by atoms with Crippen molar-refractivity contribution in [1.29, 1.82) is 0 Å². The third-order valence-corrected chi connectivity index (χ3v) is 5.91. The molecule has 8 nitrogen and oxygen atoms in total. The fraction of sp³-hybridized carbons (Fsp3) is 0.842. The molecule has 1 aromatic rings. The van der Waals surface area contributed by atoms with E-state index >= 15 is 0 Å². The molecular weight excluding hydrogens is 342 g/mol. The topological polar surface area (TPSA) is 79.6 Å². The highest BCUT2D eigenvalue weighted by Crippen LogP contribution is 2.19. The number of guanidine groups is 1. The van der Waals surface area contributed by atoms with Gasteiger partial charge < -0.3 is 19.9 Å². The zero-order valence-electron chi connectivity index (χ0n) is 17.1. The number of ether oxygens (including phenoxy) is 1. The van der Waals surface area contributed by atoms with Gasteiger partial charge in [0.1, 0.15) is 5.82 Å². The van der Waals surface area contributed by atoms with E-state index in [-0.39, 0.29) is 0 Å². The monoisotopic (exact) mass is 377 g/mol. The molecule has 3 heterocycles. The van der Waals surface area contributed by atoms with E-state index in [2.05, 4.69) is 49.1 Å². The Labute approximate surface area is 162 Å². The van der Waals surface area contributed by atoms with Gasteiger partial charge in [-0.15, -0.1) is 10.2 Å². The van der Waals surface area contributed by atoms with Gasteiger partial charge in [-0.1, -0.05) is 26.7 Å². The molecule has 1 fully saturated rings. The number of hydrogen-bond acceptors (Lipinski definition) is 5. The lowest BCUT2D eigenvalue weighted by Gasteiger charge is -2.39. The highest BCUT2D eigenvalue weighted by molar-refractivity contribution is 5.79. The lowest BCUT2D eigenvalue weighted by Crippen LogP contribution is -2.53. The summed E-state index contributed by atoms with van der Waals surface area (Å²) in [5, 5.41) is 15.5. The highest BCUT2D eigenvalue weighted by atomic mass is 16.5. The summed E-state index contributed by atoms with van der Waals surface area (Å²) < 4.78 is 7.77. The molecule has 1 unspecified atom stereocenters. The lowest BCUT2D eigenvalue weighted by atomic mass is 9.92. The average molecular weight is 378 g/mol. The van der Waals surface area contributed by atoms with Crippen molar-refractivity contribution in [2.75, 3.05) is 39.9 Å². The molecule has 0 aliphatic carbocycles. The van der Waals surface area contributed by atoms with Crippen LogP contribution in [0.25, 0.3) is 0 Å². The summed E-state index contributed by atoms with van der Waals surface area (Å²) in [5.74, 6) is 3.61. The maximum atomic E-state index is 5.55. The molecule has 0 radical (unpaired) electrons. The number of aliphatic imine (C=N–C) groups is 1. The number of hydrogen-bond donors (Lipinski definition) is 2. The summed E-state index contributed by atoms with van der Waals surface area (Å²) in [5.41, 5.74) is 0. The minimum atomic E-state index is 0.500. The van der Waals surface area contributed by atoms with Gasteiger partial charge in [-0.3, -0.25) is 9.89 Å². The maximum absolute atomic E-state index is 5.55. The summed E-state index contributed by atoms with van der Waals surface area (Å²) in [6, 6.07) is 0.500. The van der Waals surface area contributed by atoms with Crippen LogP contribution < -0.4 is 10.6 Å². The molecule has 1 aromatic heterocycles. The van der Waals surface area contributed by atoms with E-state index in [4.69, 9.17) is 4.74 Å². The quantitative estimate of drug-likeness (QED) is 0.520. The molecule has 0 amide bonds. The molecule has 0 aromatic carbocycles. The number of aryl methyl sites for hydroxylation is 1. The van der Waals surface area contributed by atoms with Crippen LogP contribution in [0.5, 0.6) is 0 Å². The summed E-state index contributed by atoms with van der Waals surface area (Å²) in [6.07, 6.45) is 4.59.